The van der Waals surface area contributed by atoms with Crippen LogP contribution in [0.1, 0.15) is 37.7 Å². The highest BCUT2D eigenvalue weighted by Crippen LogP contribution is 2.19. The normalized spacial score (nSPS) is 14.3. The van der Waals surface area contributed by atoms with Crippen molar-refractivity contribution < 1.29 is 53.7 Å². The Bertz CT molecular complexity index is 1900. The van der Waals surface area contributed by atoms with E-state index in [1.54, 1.807) is 30.5 Å². The van der Waals surface area contributed by atoms with Crippen LogP contribution < -0.4 is 60.2 Å². The number of carbonyl (C=O) groups is 8. The number of carboxylic acid groups (broad SMARTS) is 1. The van der Waals surface area contributed by atoms with Gasteiger partial charge in [-0.1, -0.05) is 18.2 Å². The second-order valence-electron chi connectivity index (χ2n) is 14.1. The van der Waals surface area contributed by atoms with Crippen LogP contribution in [0.15, 0.2) is 35.5 Å². The molecule has 0 aliphatic heterocycles. The molecule has 7 atom stereocenters. The molecular weight excluding hydrogens is 867 g/mol. The summed E-state index contributed by atoms with van der Waals surface area (Å²) in [5.74, 6) is -8.38. The number of aliphatic hydroxyl groups excluding tert-OH is 2. The van der Waals surface area contributed by atoms with Gasteiger partial charge in [-0.15, -0.1) is 0 Å². The van der Waals surface area contributed by atoms with Crippen LogP contribution in [0.25, 0.3) is 10.9 Å². The Morgan fingerprint density at radius 2 is 1.11 bits per heavy atom. The number of nitrogens with two attached hydrogens (primary N) is 4. The van der Waals surface area contributed by atoms with Gasteiger partial charge in [0.15, 0.2) is 5.96 Å². The number of unbranched alkanes of at least 4 members (excludes halogenated alkanes) is 1. The minimum atomic E-state index is -1.72. The smallest absolute Gasteiger partial charge is 0.326 e. The Hall–Kier alpha value is -5.67. The van der Waals surface area contributed by atoms with Crippen molar-refractivity contribution >= 4 is 89.4 Å². The van der Waals surface area contributed by atoms with E-state index in [0.717, 1.165) is 5.52 Å². The van der Waals surface area contributed by atoms with Crippen molar-refractivity contribution in [2.24, 2.45) is 27.9 Å². The van der Waals surface area contributed by atoms with Gasteiger partial charge in [0.2, 0.25) is 41.4 Å². The second kappa shape index (κ2) is 28.1. The second-order valence-corrected chi connectivity index (χ2v) is 14.8. The third-order valence-electron chi connectivity index (χ3n) is 9.34. The number of fused-ring (bicyclic) bond motifs is 1. The Kier molecular flexibility index (Phi) is 23.9. The molecule has 0 aliphatic rings. The summed E-state index contributed by atoms with van der Waals surface area (Å²) in [6.45, 7) is -2.05. The molecule has 0 fully saturated rings. The van der Waals surface area contributed by atoms with Crippen molar-refractivity contribution in [1.29, 1.82) is 0 Å². The van der Waals surface area contributed by atoms with Gasteiger partial charge < -0.3 is 80.5 Å². The number of amides is 7. The lowest BCUT2D eigenvalue weighted by molar-refractivity contribution is -0.142. The molecule has 0 unspecified atom stereocenters. The molecule has 19 N–H and O–H groups in total. The molecule has 2 rings (SSSR count). The van der Waals surface area contributed by atoms with E-state index in [1.165, 1.54) is 0 Å². The molecule has 350 valence electrons. The van der Waals surface area contributed by atoms with Crippen LogP contribution in [0.3, 0.4) is 0 Å². The minimum absolute atomic E-state index is 0.0291. The Morgan fingerprint density at radius 3 is 1.65 bits per heavy atom. The summed E-state index contributed by atoms with van der Waals surface area (Å²) in [4.78, 5) is 111. The number of hydrogen-bond donors (Lipinski definition) is 17. The first-order chi connectivity index (χ1) is 30.0. The van der Waals surface area contributed by atoms with E-state index in [1.807, 2.05) is 0 Å². The molecule has 26 heteroatoms. The monoisotopic (exact) mass is 925 g/mol. The van der Waals surface area contributed by atoms with E-state index in [9.17, 15) is 53.7 Å². The number of H-pyrrole nitrogens is 1. The van der Waals surface area contributed by atoms with Crippen LogP contribution >= 0.6 is 25.3 Å². The number of benzene rings is 1. The van der Waals surface area contributed by atoms with Gasteiger partial charge in [0.25, 0.3) is 0 Å². The molecule has 0 aliphatic carbocycles. The maximum absolute atomic E-state index is 14.1. The fraction of sp³-hybridized carbons (Fsp3) is 0.541. The molecule has 24 nitrogen and oxygen atoms in total. The number of aliphatic carboxylic acids is 1. The number of aliphatic imine (C=N–C) groups is 1. The van der Waals surface area contributed by atoms with Gasteiger partial charge in [0.1, 0.15) is 42.3 Å². The van der Waals surface area contributed by atoms with Crippen molar-refractivity contribution in [2.45, 2.75) is 80.8 Å². The zero-order valence-corrected chi connectivity index (χ0v) is 36.2. The fourth-order valence-corrected chi connectivity index (χ4v) is 6.43. The standard InChI is InChI=1S/C37H59N13O11S2/c38-10-4-3-8-22(45-32(56)25(15-51)48-33(57)26(16-52)49-34(58)27(17-62)44-29(53)13-39)30(54)47-24(12-19-14-43-21-7-2-1-6-20(19)21)31(55)50-28(18-63)35(59)46-23(36(60)61)9-5-11-42-37(40)41/h1-2,6-7,14,22-28,43,51-52,62-63H,3-5,8-13,15-18,38-39H2,(H,44,53)(H,45,56)(H,46,59)(H,47,54)(H,48,57)(H,49,58)(H,50,55)(H,60,61)(H4,40,41,42)/t22-,23-,24-,25-,26-,27-,28-/m0/s1. The van der Waals surface area contributed by atoms with Crippen LogP contribution in [0.2, 0.25) is 0 Å². The number of aliphatic hydroxyl groups is 2. The Balaban J connectivity index is 2.34. The first-order valence-corrected chi connectivity index (χ1v) is 21.1. The maximum Gasteiger partial charge on any atom is 0.326 e. The van der Waals surface area contributed by atoms with E-state index in [0.29, 0.717) is 23.8 Å². The average molecular weight is 926 g/mol. The summed E-state index contributed by atoms with van der Waals surface area (Å²) >= 11 is 8.20. The molecule has 7 amide bonds. The molecule has 63 heavy (non-hydrogen) atoms. The number of rotatable bonds is 29. The topological polar surface area (TPSA) is 414 Å². The lowest BCUT2D eigenvalue weighted by Gasteiger charge is -2.27. The zero-order chi connectivity index (χ0) is 47.1. The molecule has 2 aromatic rings. The van der Waals surface area contributed by atoms with Crippen molar-refractivity contribution in [3.8, 4) is 0 Å². The maximum atomic E-state index is 14.1. The number of guanidine groups is 1. The number of aromatic nitrogens is 1. The van der Waals surface area contributed by atoms with E-state index >= 15 is 0 Å². The predicted octanol–water partition coefficient (Wildman–Crippen LogP) is -5.83. The van der Waals surface area contributed by atoms with Crippen molar-refractivity contribution in [2.75, 3.05) is 44.4 Å². The molecule has 1 aromatic carbocycles. The average Bonchev–Trinajstić information content (AvgIpc) is 3.67. The highest BCUT2D eigenvalue weighted by molar-refractivity contribution is 7.80. The van der Waals surface area contributed by atoms with Crippen molar-refractivity contribution in [3.05, 3.63) is 36.0 Å². The van der Waals surface area contributed by atoms with Crippen LogP contribution in [0.4, 0.5) is 0 Å². The Labute approximate surface area is 373 Å². The summed E-state index contributed by atoms with van der Waals surface area (Å²) in [6, 6.07) is -3.01. The summed E-state index contributed by atoms with van der Waals surface area (Å²) < 4.78 is 0. The van der Waals surface area contributed by atoms with Gasteiger partial charge >= 0.3 is 5.97 Å². The fourth-order valence-electron chi connectivity index (χ4n) is 5.92. The quantitative estimate of drug-likeness (QED) is 0.0156. The lowest BCUT2D eigenvalue weighted by atomic mass is 10.0. The molecule has 1 aromatic heterocycles. The van der Waals surface area contributed by atoms with Gasteiger partial charge in [0, 0.05) is 41.6 Å². The molecule has 0 radical (unpaired) electrons. The molecule has 0 saturated carbocycles. The van der Waals surface area contributed by atoms with Crippen LogP contribution in [0.5, 0.6) is 0 Å². The van der Waals surface area contributed by atoms with Gasteiger partial charge in [-0.25, -0.2) is 4.79 Å². The van der Waals surface area contributed by atoms with E-state index in [-0.39, 0.29) is 56.2 Å². The summed E-state index contributed by atoms with van der Waals surface area (Å²) in [7, 11) is 0. The number of thiol groups is 2. The van der Waals surface area contributed by atoms with Crippen molar-refractivity contribution in [3.63, 3.8) is 0 Å². The third kappa shape index (κ3) is 17.9. The lowest BCUT2D eigenvalue weighted by Crippen LogP contribution is -2.61. The highest BCUT2D eigenvalue weighted by Gasteiger charge is 2.34. The number of nitrogens with zero attached hydrogens (tertiary/aromatic N) is 1. The summed E-state index contributed by atoms with van der Waals surface area (Å²) in [5.41, 5.74) is 22.9. The predicted molar refractivity (Wildman–Crippen MR) is 237 cm³/mol. The Morgan fingerprint density at radius 1 is 0.635 bits per heavy atom. The first kappa shape index (κ1) is 53.5. The van der Waals surface area contributed by atoms with E-state index < -0.39 is 109 Å². The summed E-state index contributed by atoms with van der Waals surface area (Å²) in [6.07, 6.45) is 2.34. The zero-order valence-electron chi connectivity index (χ0n) is 34.4. The number of carbonyl (C=O) groups excluding carboxylic acids is 7. The van der Waals surface area contributed by atoms with Crippen LogP contribution in [-0.2, 0) is 44.8 Å². The van der Waals surface area contributed by atoms with E-state index in [4.69, 9.17) is 22.9 Å². The van der Waals surface area contributed by atoms with Crippen LogP contribution in [0, 0.1) is 0 Å². The first-order valence-electron chi connectivity index (χ1n) is 19.8. The third-order valence-corrected chi connectivity index (χ3v) is 10.1. The van der Waals surface area contributed by atoms with Gasteiger partial charge in [-0.2, -0.15) is 25.3 Å². The minimum Gasteiger partial charge on any atom is -0.480 e. The SMILES string of the molecule is NCCCC[C@H](NC(=O)[C@H](CO)NC(=O)[C@H](CO)NC(=O)[C@H](CS)NC(=O)CN)C(=O)N[C@@H](Cc1c[nH]c2ccccc12)C(=O)N[C@@H](CS)C(=O)N[C@@H](CCCN=C(N)N)C(=O)O. The number of carboxylic acids is 1. The number of hydrogen-bond acceptors (Lipinski definition) is 15. The molecular formula is C37H59N13O11S2. The number of nitrogens with one attached hydrogen (secondary N) is 8. The molecule has 0 spiro atoms. The van der Waals surface area contributed by atoms with Gasteiger partial charge in [0.05, 0.1) is 19.8 Å². The largest absolute Gasteiger partial charge is 0.480 e. The van der Waals surface area contributed by atoms with Crippen LogP contribution in [-0.4, -0.2) is 160 Å². The van der Waals surface area contributed by atoms with Gasteiger partial charge in [-0.05, 0) is 50.3 Å². The number of para-hydroxylation sites is 1. The highest BCUT2D eigenvalue weighted by atomic mass is 32.1. The van der Waals surface area contributed by atoms with Gasteiger partial charge in [-0.3, -0.25) is 38.6 Å². The van der Waals surface area contributed by atoms with E-state index in [2.05, 4.69) is 72.5 Å². The summed E-state index contributed by atoms with van der Waals surface area (Å²) in [5, 5.41) is 47.1. The van der Waals surface area contributed by atoms with Crippen molar-refractivity contribution in [1.82, 2.24) is 42.2 Å². The molecule has 0 bridgehead atoms. The molecule has 0 saturated heterocycles. The molecule has 1 heterocycles. The number of aromatic amines is 1.